The number of rotatable bonds is 0. The number of hydrogen-bond acceptors (Lipinski definition) is 6. The maximum atomic E-state index is 10.9. The molecule has 4 saturated heterocycles. The molecule has 0 spiro atoms. The van der Waals surface area contributed by atoms with E-state index in [1.807, 2.05) is 0 Å². The molecule has 4 aliphatic heterocycles. The summed E-state index contributed by atoms with van der Waals surface area (Å²) in [6.07, 6.45) is 1.23. The van der Waals surface area contributed by atoms with Crippen molar-refractivity contribution in [3.63, 3.8) is 0 Å². The van der Waals surface area contributed by atoms with Crippen LogP contribution in [0, 0.1) is 11.8 Å². The summed E-state index contributed by atoms with van der Waals surface area (Å²) in [6.45, 7) is 2.14. The lowest BCUT2D eigenvalue weighted by molar-refractivity contribution is -0.120. The number of aliphatic hydroxyl groups excluding tert-OH is 1. The molecule has 0 radical (unpaired) electrons. The zero-order chi connectivity index (χ0) is 12.5. The fourth-order valence-corrected chi connectivity index (χ4v) is 2.75. The molecule has 4 heterocycles. The van der Waals surface area contributed by atoms with Crippen LogP contribution in [-0.4, -0.2) is 56.0 Å². The van der Waals surface area contributed by atoms with Crippen LogP contribution >= 0.6 is 24.0 Å². The van der Waals surface area contributed by atoms with Crippen LogP contribution in [-0.2, 0) is 23.7 Å². The van der Waals surface area contributed by atoms with Crippen LogP contribution in [0.2, 0.25) is 0 Å². The highest BCUT2D eigenvalue weighted by Crippen LogP contribution is 2.30. The minimum absolute atomic E-state index is 0. The van der Waals surface area contributed by atoms with E-state index in [0.29, 0.717) is 13.2 Å². The number of Topliss-reactive ketones (excluding diaryl/α,β-unsaturated/α-hetero) is 1. The lowest BCUT2D eigenvalue weighted by atomic mass is 10.0. The molecule has 118 valence electrons. The number of hydrogen-bond donors (Lipinski definition) is 1. The summed E-state index contributed by atoms with van der Waals surface area (Å²) in [5.74, 6) is 0.521. The Balaban J connectivity index is 0.000000182. The molecule has 0 aromatic heterocycles. The normalized spacial score (nSPS) is 41.0. The Kier molecular flexibility index (Phi) is 7.30. The van der Waals surface area contributed by atoms with Crippen LogP contribution < -0.4 is 0 Å². The van der Waals surface area contributed by atoms with E-state index in [2.05, 4.69) is 0 Å². The molecule has 0 saturated carbocycles. The second kappa shape index (κ2) is 8.00. The largest absolute Gasteiger partial charge is 0.390 e. The Labute approximate surface area is 136 Å². The zero-order valence-corrected chi connectivity index (χ0v) is 12.9. The summed E-state index contributed by atoms with van der Waals surface area (Å²) in [5.41, 5.74) is 0. The third-order valence-electron chi connectivity index (χ3n) is 3.85. The average Bonchev–Trinajstić information content (AvgIpc) is 3.06. The Hall–Kier alpha value is 0.200. The van der Waals surface area contributed by atoms with Crippen molar-refractivity contribution in [2.24, 2.45) is 11.8 Å². The van der Waals surface area contributed by atoms with E-state index in [-0.39, 0.29) is 74.3 Å². The molecule has 0 amide bonds. The van der Waals surface area contributed by atoms with Gasteiger partial charge in [0, 0.05) is 5.92 Å². The van der Waals surface area contributed by atoms with Crippen molar-refractivity contribution in [2.45, 2.75) is 39.0 Å². The minimum atomic E-state index is -0.280. The summed E-state index contributed by atoms with van der Waals surface area (Å²) in [7, 11) is 0. The Morgan fingerprint density at radius 3 is 2.40 bits per heavy atom. The first-order valence-corrected chi connectivity index (χ1v) is 6.43. The summed E-state index contributed by atoms with van der Waals surface area (Å²) in [5, 5.41) is 9.19. The molecule has 6 nitrogen and oxygen atoms in total. The van der Waals surface area contributed by atoms with E-state index < -0.39 is 0 Å². The van der Waals surface area contributed by atoms with Crippen LogP contribution in [0.4, 0.5) is 0 Å². The van der Waals surface area contributed by atoms with Crippen molar-refractivity contribution in [1.82, 2.24) is 0 Å². The Morgan fingerprint density at radius 2 is 1.70 bits per heavy atom. The van der Waals surface area contributed by atoms with Crippen LogP contribution in [0.3, 0.4) is 0 Å². The molecule has 4 aliphatic rings. The van der Waals surface area contributed by atoms with Crippen molar-refractivity contribution in [1.29, 1.82) is 0 Å². The van der Waals surface area contributed by atoms with E-state index in [0.717, 1.165) is 19.4 Å². The Morgan fingerprint density at radius 1 is 1.00 bits per heavy atom. The molecule has 4 rings (SSSR count). The van der Waals surface area contributed by atoms with Gasteiger partial charge in [-0.2, -0.15) is 0 Å². The molecule has 0 aromatic carbocycles. The van der Waals surface area contributed by atoms with E-state index in [9.17, 15) is 9.90 Å². The number of ketones is 1. The topological polar surface area (TPSA) is 74.2 Å². The summed E-state index contributed by atoms with van der Waals surface area (Å²) in [4.78, 5) is 10.9. The molecule has 5 unspecified atom stereocenters. The van der Waals surface area contributed by atoms with E-state index in [1.165, 1.54) is 0 Å². The lowest BCUT2D eigenvalue weighted by Crippen LogP contribution is -2.18. The van der Waals surface area contributed by atoms with Crippen LogP contribution in [0.1, 0.15) is 20.3 Å². The smallest absolute Gasteiger partial charge is 0.168 e. The fourth-order valence-electron chi connectivity index (χ4n) is 2.75. The molecule has 5 atom stereocenters. The molecule has 7 heteroatoms. The molecular weight excluding hydrogens is 379 g/mol. The minimum Gasteiger partial charge on any atom is -0.390 e. The van der Waals surface area contributed by atoms with Gasteiger partial charge in [-0.15, -0.1) is 24.0 Å². The van der Waals surface area contributed by atoms with Crippen molar-refractivity contribution in [2.75, 3.05) is 26.4 Å². The third-order valence-corrected chi connectivity index (χ3v) is 3.85. The molecule has 4 fully saturated rings. The first kappa shape index (κ1) is 18.2. The van der Waals surface area contributed by atoms with Gasteiger partial charge in [-0.3, -0.25) is 4.79 Å². The SMILES string of the molecule is C.I.O=C1COC2OCCC12.OC1COC2OCCC12. The molecule has 0 aliphatic carbocycles. The van der Waals surface area contributed by atoms with Gasteiger partial charge in [0.25, 0.3) is 0 Å². The second-order valence-electron chi connectivity index (χ2n) is 5.00. The van der Waals surface area contributed by atoms with Crippen molar-refractivity contribution in [3.05, 3.63) is 0 Å². The van der Waals surface area contributed by atoms with Gasteiger partial charge in [0.2, 0.25) is 0 Å². The molecular formula is C13H23IO6. The molecule has 1 N–H and O–H groups in total. The maximum absolute atomic E-state index is 10.9. The van der Waals surface area contributed by atoms with Crippen molar-refractivity contribution < 1.29 is 28.8 Å². The predicted octanol–water partition coefficient (Wildman–Crippen LogP) is 0.942. The first-order chi connectivity index (χ1) is 8.75. The highest BCUT2D eigenvalue weighted by Gasteiger charge is 2.41. The quantitative estimate of drug-likeness (QED) is 0.609. The predicted molar refractivity (Wildman–Crippen MR) is 80.8 cm³/mol. The Bertz CT molecular complexity index is 326. The molecule has 0 aromatic rings. The van der Waals surface area contributed by atoms with E-state index in [1.54, 1.807) is 0 Å². The summed E-state index contributed by atoms with van der Waals surface area (Å²) in [6, 6.07) is 0. The van der Waals surface area contributed by atoms with Crippen LogP contribution in [0.5, 0.6) is 0 Å². The van der Waals surface area contributed by atoms with Crippen LogP contribution in [0.15, 0.2) is 0 Å². The number of aliphatic hydroxyl groups is 1. The van der Waals surface area contributed by atoms with Crippen molar-refractivity contribution in [3.8, 4) is 0 Å². The average molecular weight is 402 g/mol. The van der Waals surface area contributed by atoms with Gasteiger partial charge in [0.1, 0.15) is 6.61 Å². The van der Waals surface area contributed by atoms with Gasteiger partial charge in [0.15, 0.2) is 18.4 Å². The summed E-state index contributed by atoms with van der Waals surface area (Å²) < 4.78 is 20.4. The molecule has 0 bridgehead atoms. The fraction of sp³-hybridized carbons (Fsp3) is 0.923. The standard InChI is InChI=1S/C6H10O3.C6H8O3.CH4.HI/c2*7-5-3-9-6-4(5)1-2-8-6;;/h4-7H,1-3H2;4,6H,1-3H2;1H4;1H. The number of ether oxygens (including phenoxy) is 4. The second-order valence-corrected chi connectivity index (χ2v) is 5.00. The highest BCUT2D eigenvalue weighted by atomic mass is 127. The van der Waals surface area contributed by atoms with E-state index >= 15 is 0 Å². The lowest BCUT2D eigenvalue weighted by Gasteiger charge is -2.06. The number of carbonyl (C=O) groups is 1. The van der Waals surface area contributed by atoms with Gasteiger partial charge in [-0.1, -0.05) is 7.43 Å². The number of halogens is 1. The van der Waals surface area contributed by atoms with Gasteiger partial charge < -0.3 is 24.1 Å². The van der Waals surface area contributed by atoms with Crippen LogP contribution in [0.25, 0.3) is 0 Å². The first-order valence-electron chi connectivity index (χ1n) is 6.43. The number of fused-ring (bicyclic) bond motifs is 2. The van der Waals surface area contributed by atoms with Gasteiger partial charge >= 0.3 is 0 Å². The van der Waals surface area contributed by atoms with Gasteiger partial charge in [-0.05, 0) is 12.8 Å². The third kappa shape index (κ3) is 3.69. The maximum Gasteiger partial charge on any atom is 0.168 e. The number of carbonyl (C=O) groups excluding carboxylic acids is 1. The summed E-state index contributed by atoms with van der Waals surface area (Å²) >= 11 is 0. The molecule has 20 heavy (non-hydrogen) atoms. The zero-order valence-electron chi connectivity index (χ0n) is 10.5. The van der Waals surface area contributed by atoms with E-state index in [4.69, 9.17) is 18.9 Å². The van der Waals surface area contributed by atoms with Gasteiger partial charge in [0.05, 0.1) is 31.8 Å². The highest BCUT2D eigenvalue weighted by molar-refractivity contribution is 14.0. The van der Waals surface area contributed by atoms with Crippen molar-refractivity contribution >= 4 is 29.8 Å². The monoisotopic (exact) mass is 402 g/mol. The van der Waals surface area contributed by atoms with Gasteiger partial charge in [-0.25, -0.2) is 0 Å².